The maximum atomic E-state index is 6.03. The molecule has 2 heteroatoms. The van der Waals surface area contributed by atoms with Crippen molar-refractivity contribution in [2.45, 2.75) is 0 Å². The molecule has 0 spiro atoms. The first-order chi connectivity index (χ1) is 1.73. The van der Waals surface area contributed by atoms with Crippen LogP contribution in [0, 0.1) is 6.58 Å². The van der Waals surface area contributed by atoms with E-state index in [1.165, 1.54) is 0 Å². The molecule has 0 aromatic carbocycles. The van der Waals surface area contributed by atoms with E-state index in [4.69, 9.17) is 6.58 Å². The van der Waals surface area contributed by atoms with Crippen LogP contribution < -0.4 is 0 Å². The Balaban J connectivity index is 2.80. The predicted octanol–water partition coefficient (Wildman–Crippen LogP) is 1.62. The Hall–Kier alpha value is 0.320. The van der Waals surface area contributed by atoms with Gasteiger partial charge in [0.05, 0.1) is 0 Å². The number of hydrogen-bond donors (Lipinski definition) is 0. The van der Waals surface area contributed by atoms with E-state index < -0.39 is 0 Å². The monoisotopic (exact) mass is 93.9 g/mol. The molecule has 0 amide bonds. The molecular formula is C2Cl2. The van der Waals surface area contributed by atoms with Gasteiger partial charge in [-0.15, -0.1) is 0 Å². The summed E-state index contributed by atoms with van der Waals surface area (Å²) in [4.78, 5) is 0. The Morgan fingerprint density at radius 3 is 1.50 bits per heavy atom. The predicted molar refractivity (Wildman–Crippen MR) is 18.5 cm³/mol. The quantitative estimate of drug-likeness (QED) is 0.428. The summed E-state index contributed by atoms with van der Waals surface area (Å²) in [6.45, 7) is 6.03. The van der Waals surface area contributed by atoms with Gasteiger partial charge in [0.25, 0.3) is 0 Å². The second-order valence-corrected chi connectivity index (χ2v) is 1.21. The fraction of sp³-hybridized carbons (Fsp3) is 0. The molecule has 0 aromatic rings. The summed E-state index contributed by atoms with van der Waals surface area (Å²) in [7, 11) is 0. The van der Waals surface area contributed by atoms with Crippen LogP contribution in [0.25, 0.3) is 0 Å². The summed E-state index contributed by atoms with van der Waals surface area (Å²) in [6, 6.07) is 0. The van der Waals surface area contributed by atoms with E-state index in [1.807, 2.05) is 0 Å². The van der Waals surface area contributed by atoms with Gasteiger partial charge in [-0.2, -0.15) is 0 Å². The lowest BCUT2D eigenvalue weighted by molar-refractivity contribution is 2.37. The van der Waals surface area contributed by atoms with Crippen molar-refractivity contribution in [3.05, 3.63) is 11.1 Å². The van der Waals surface area contributed by atoms with Gasteiger partial charge in [0.1, 0.15) is 4.49 Å². The van der Waals surface area contributed by atoms with Gasteiger partial charge in [0, 0.05) is 6.58 Å². The number of halogens is 2. The molecule has 0 aliphatic carbocycles. The molecule has 0 rings (SSSR count). The van der Waals surface area contributed by atoms with E-state index in [0.29, 0.717) is 0 Å². The van der Waals surface area contributed by atoms with Crippen molar-refractivity contribution in [3.8, 4) is 0 Å². The third-order valence-corrected chi connectivity index (χ3v) is 0. The van der Waals surface area contributed by atoms with Crippen LogP contribution in [0.1, 0.15) is 0 Å². The van der Waals surface area contributed by atoms with Crippen LogP contribution in [0.5, 0.6) is 0 Å². The summed E-state index contributed by atoms with van der Waals surface area (Å²) in [5.74, 6) is 0. The molecule has 0 aliphatic rings. The van der Waals surface area contributed by atoms with Gasteiger partial charge in [-0.3, -0.25) is 0 Å². The molecule has 22 valence electrons. The highest BCUT2D eigenvalue weighted by atomic mass is 35.5. The molecular weight excluding hydrogens is 94.9 g/mol. The minimum absolute atomic E-state index is 0.389. The zero-order chi connectivity index (χ0) is 3.58. The fourth-order valence-corrected chi connectivity index (χ4v) is 0. The van der Waals surface area contributed by atoms with E-state index in [9.17, 15) is 0 Å². The van der Waals surface area contributed by atoms with Crippen LogP contribution in [0.15, 0.2) is 4.49 Å². The minimum Gasteiger partial charge on any atom is -0.0702 e. The van der Waals surface area contributed by atoms with Crippen molar-refractivity contribution in [1.82, 2.24) is 0 Å². The van der Waals surface area contributed by atoms with Crippen LogP contribution in [0.3, 0.4) is 0 Å². The summed E-state index contributed by atoms with van der Waals surface area (Å²) in [5.41, 5.74) is 0. The summed E-state index contributed by atoms with van der Waals surface area (Å²) >= 11 is 9.25. The minimum atomic E-state index is -0.389. The van der Waals surface area contributed by atoms with E-state index in [2.05, 4.69) is 23.2 Å². The molecule has 0 aliphatic heterocycles. The van der Waals surface area contributed by atoms with Crippen LogP contribution in [-0.2, 0) is 0 Å². The van der Waals surface area contributed by atoms with Crippen LogP contribution >= 0.6 is 23.2 Å². The first-order valence-corrected chi connectivity index (χ1v) is 1.38. The Bertz CT molecular complexity index is 27.0. The molecule has 2 radical (unpaired) electrons. The maximum Gasteiger partial charge on any atom is 0.115 e. The van der Waals surface area contributed by atoms with Crippen molar-refractivity contribution >= 4 is 23.2 Å². The molecule has 0 atom stereocenters. The third-order valence-electron chi connectivity index (χ3n) is 0. The average molecular weight is 94.9 g/mol. The molecule has 0 unspecified atom stereocenters. The van der Waals surface area contributed by atoms with Crippen molar-refractivity contribution in [1.29, 1.82) is 0 Å². The maximum absolute atomic E-state index is 6.03. The highest BCUT2D eigenvalue weighted by Gasteiger charge is 1.62. The summed E-state index contributed by atoms with van der Waals surface area (Å²) in [5, 5.41) is 0. The van der Waals surface area contributed by atoms with Crippen molar-refractivity contribution in [2.24, 2.45) is 0 Å². The first-order valence-electron chi connectivity index (χ1n) is 0.628. The number of hydrogen-bond acceptors (Lipinski definition) is 0. The van der Waals surface area contributed by atoms with E-state index in [1.54, 1.807) is 0 Å². The lowest BCUT2D eigenvalue weighted by atomic mass is 11.3. The molecule has 0 N–H and O–H groups in total. The number of rotatable bonds is 0. The van der Waals surface area contributed by atoms with Gasteiger partial charge in [-0.1, -0.05) is 23.2 Å². The van der Waals surface area contributed by atoms with Gasteiger partial charge in [-0.05, 0) is 0 Å². The van der Waals surface area contributed by atoms with E-state index in [0.717, 1.165) is 0 Å². The van der Waals surface area contributed by atoms with Gasteiger partial charge in [0.2, 0.25) is 0 Å². The van der Waals surface area contributed by atoms with Crippen LogP contribution in [0.2, 0.25) is 0 Å². The Morgan fingerprint density at radius 2 is 1.50 bits per heavy atom. The largest absolute Gasteiger partial charge is 0.115 e. The molecule has 0 fully saturated rings. The van der Waals surface area contributed by atoms with Gasteiger partial charge in [0.15, 0.2) is 0 Å². The van der Waals surface area contributed by atoms with Gasteiger partial charge >= 0.3 is 0 Å². The third kappa shape index (κ3) is 39.5. The Kier molecular flexibility index (Phi) is 1.75. The molecule has 0 heterocycles. The van der Waals surface area contributed by atoms with Crippen LogP contribution in [0.4, 0.5) is 0 Å². The van der Waals surface area contributed by atoms with Crippen molar-refractivity contribution < 1.29 is 0 Å². The second-order valence-electron chi connectivity index (χ2n) is 0.260. The zero-order valence-corrected chi connectivity index (χ0v) is 3.27. The highest BCUT2D eigenvalue weighted by molar-refractivity contribution is 6.55. The molecule has 0 aromatic heterocycles. The van der Waals surface area contributed by atoms with Gasteiger partial charge in [-0.25, -0.2) is 0 Å². The average Bonchev–Trinajstić information content (AvgIpc) is 0.811. The lowest BCUT2D eigenvalue weighted by Gasteiger charge is -1.55. The Morgan fingerprint density at radius 1 is 1.50 bits per heavy atom. The highest BCUT2D eigenvalue weighted by Crippen LogP contribution is 1.98. The zero-order valence-electron chi connectivity index (χ0n) is 1.76. The summed E-state index contributed by atoms with van der Waals surface area (Å²) < 4.78 is -0.389. The van der Waals surface area contributed by atoms with Crippen LogP contribution in [-0.4, -0.2) is 0 Å². The van der Waals surface area contributed by atoms with Crippen molar-refractivity contribution in [2.75, 3.05) is 0 Å². The molecule has 4 heavy (non-hydrogen) atoms. The standard InChI is InChI=1S/C2Cl2/c1-2(3)4. The Labute approximate surface area is 35.0 Å². The van der Waals surface area contributed by atoms with Gasteiger partial charge < -0.3 is 0 Å². The SMILES string of the molecule is [C]=C(Cl)Cl. The molecule has 0 saturated heterocycles. The summed E-state index contributed by atoms with van der Waals surface area (Å²) in [6.07, 6.45) is 0. The first kappa shape index (κ1) is 4.32. The van der Waals surface area contributed by atoms with E-state index in [-0.39, 0.29) is 4.49 Å². The molecule has 0 saturated carbocycles. The molecule has 0 bridgehead atoms. The second kappa shape index (κ2) is 1.62. The van der Waals surface area contributed by atoms with Crippen molar-refractivity contribution in [3.63, 3.8) is 0 Å². The lowest BCUT2D eigenvalue weighted by Crippen LogP contribution is -1.25. The topological polar surface area (TPSA) is 0 Å². The van der Waals surface area contributed by atoms with E-state index >= 15 is 0 Å². The molecule has 0 nitrogen and oxygen atoms in total. The smallest absolute Gasteiger partial charge is 0.0702 e. The fourth-order valence-electron chi connectivity index (χ4n) is 0. The normalized spacial score (nSPS) is 6.50.